The van der Waals surface area contributed by atoms with Crippen LogP contribution in [0.25, 0.3) is 0 Å². The molecule has 1 saturated heterocycles. The van der Waals surface area contributed by atoms with E-state index < -0.39 is 0 Å². The molecule has 4 rings (SSSR count). The largest absolute Gasteiger partial charge is 0.497 e. The lowest BCUT2D eigenvalue weighted by molar-refractivity contribution is -0.120. The third-order valence-corrected chi connectivity index (χ3v) is 6.32. The number of aryl methyl sites for hydroxylation is 1. The van der Waals surface area contributed by atoms with Crippen molar-refractivity contribution in [1.82, 2.24) is 9.97 Å². The lowest BCUT2D eigenvalue weighted by Crippen LogP contribution is -2.41. The van der Waals surface area contributed by atoms with Crippen molar-refractivity contribution < 1.29 is 9.53 Å². The first-order valence-electron chi connectivity index (χ1n) is 10.4. The molecule has 1 aliphatic heterocycles. The molecule has 1 N–H and O–H groups in total. The number of hydrogen-bond donors (Lipinski definition) is 1. The summed E-state index contributed by atoms with van der Waals surface area (Å²) in [4.78, 5) is 25.4. The first kappa shape index (κ1) is 21.2. The Morgan fingerprint density at radius 2 is 1.84 bits per heavy atom. The van der Waals surface area contributed by atoms with Crippen molar-refractivity contribution in [2.75, 3.05) is 30.4 Å². The number of rotatable bonds is 6. The summed E-state index contributed by atoms with van der Waals surface area (Å²) in [5, 5.41) is 3.90. The van der Waals surface area contributed by atoms with Crippen LogP contribution in [0.3, 0.4) is 0 Å². The van der Waals surface area contributed by atoms with E-state index >= 15 is 0 Å². The fourth-order valence-electron chi connectivity index (χ4n) is 3.63. The topological polar surface area (TPSA) is 67.3 Å². The number of nitrogens with one attached hydrogen (secondary N) is 1. The van der Waals surface area contributed by atoms with Gasteiger partial charge in [0.15, 0.2) is 5.82 Å². The van der Waals surface area contributed by atoms with Gasteiger partial charge in [0.1, 0.15) is 10.8 Å². The molecule has 1 aromatic heterocycles. The molecular weight excluding hydrogens is 408 g/mol. The van der Waals surface area contributed by atoms with Gasteiger partial charge in [-0.25, -0.2) is 9.97 Å². The second-order valence-corrected chi connectivity index (χ2v) is 8.67. The van der Waals surface area contributed by atoms with E-state index in [1.807, 2.05) is 24.3 Å². The van der Waals surface area contributed by atoms with Crippen LogP contribution in [0.5, 0.6) is 5.75 Å². The SMILES string of the molecule is COc1ccc(NC(=O)[C@H]2CCCN(c3nccnc3Sc3ccc(C)cc3)C2)cc1. The van der Waals surface area contributed by atoms with Crippen molar-refractivity contribution in [3.05, 3.63) is 66.5 Å². The molecule has 1 atom stereocenters. The number of nitrogens with zero attached hydrogens (tertiary/aromatic N) is 3. The predicted octanol–water partition coefficient (Wildman–Crippen LogP) is 4.80. The number of methoxy groups -OCH3 is 1. The summed E-state index contributed by atoms with van der Waals surface area (Å²) in [6.45, 7) is 3.57. The Hall–Kier alpha value is -3.06. The molecule has 7 heteroatoms. The van der Waals surface area contributed by atoms with Crippen molar-refractivity contribution in [2.45, 2.75) is 29.7 Å². The van der Waals surface area contributed by atoms with Gasteiger partial charge in [-0.15, -0.1) is 0 Å². The molecule has 6 nitrogen and oxygen atoms in total. The number of anilines is 2. The van der Waals surface area contributed by atoms with Crippen LogP contribution in [0.4, 0.5) is 11.5 Å². The normalized spacial score (nSPS) is 16.1. The highest BCUT2D eigenvalue weighted by atomic mass is 32.2. The molecular formula is C24H26N4O2S. The quantitative estimate of drug-likeness (QED) is 0.601. The third kappa shape index (κ3) is 5.35. The first-order chi connectivity index (χ1) is 15.1. The van der Waals surface area contributed by atoms with Gasteiger partial charge >= 0.3 is 0 Å². The van der Waals surface area contributed by atoms with Gasteiger partial charge in [-0.1, -0.05) is 29.5 Å². The van der Waals surface area contributed by atoms with Crippen LogP contribution in [0.1, 0.15) is 18.4 Å². The summed E-state index contributed by atoms with van der Waals surface area (Å²) < 4.78 is 5.18. The number of aromatic nitrogens is 2. The molecule has 0 spiro atoms. The van der Waals surface area contributed by atoms with E-state index in [9.17, 15) is 4.79 Å². The zero-order valence-electron chi connectivity index (χ0n) is 17.7. The van der Waals surface area contributed by atoms with E-state index in [4.69, 9.17) is 4.74 Å². The van der Waals surface area contributed by atoms with Gasteiger partial charge in [0.2, 0.25) is 5.91 Å². The Kier molecular flexibility index (Phi) is 6.72. The minimum Gasteiger partial charge on any atom is -0.497 e. The molecule has 2 aromatic carbocycles. The van der Waals surface area contributed by atoms with Crippen LogP contribution in [-0.4, -0.2) is 36.1 Å². The lowest BCUT2D eigenvalue weighted by Gasteiger charge is -2.33. The Morgan fingerprint density at radius 3 is 2.58 bits per heavy atom. The summed E-state index contributed by atoms with van der Waals surface area (Å²) in [6.07, 6.45) is 5.23. The monoisotopic (exact) mass is 434 g/mol. The van der Waals surface area contributed by atoms with Gasteiger partial charge in [0.05, 0.1) is 13.0 Å². The summed E-state index contributed by atoms with van der Waals surface area (Å²) in [5.74, 6) is 1.54. The third-order valence-electron chi connectivity index (χ3n) is 5.33. The van der Waals surface area contributed by atoms with Crippen molar-refractivity contribution >= 4 is 29.2 Å². The summed E-state index contributed by atoms with van der Waals surface area (Å²) >= 11 is 1.60. The maximum absolute atomic E-state index is 12.9. The molecule has 0 radical (unpaired) electrons. The van der Waals surface area contributed by atoms with E-state index in [-0.39, 0.29) is 11.8 Å². The minimum atomic E-state index is -0.102. The van der Waals surface area contributed by atoms with E-state index in [1.54, 1.807) is 31.3 Å². The van der Waals surface area contributed by atoms with Crippen LogP contribution >= 0.6 is 11.8 Å². The minimum absolute atomic E-state index is 0.0338. The van der Waals surface area contributed by atoms with E-state index in [2.05, 4.69) is 51.4 Å². The molecule has 1 amide bonds. The molecule has 2 heterocycles. The number of carbonyl (C=O) groups excluding carboxylic acids is 1. The number of amides is 1. The second kappa shape index (κ2) is 9.83. The van der Waals surface area contributed by atoms with Crippen LogP contribution in [0.2, 0.25) is 0 Å². The summed E-state index contributed by atoms with van der Waals surface area (Å²) in [5.41, 5.74) is 2.00. The van der Waals surface area contributed by atoms with Crippen molar-refractivity contribution in [1.29, 1.82) is 0 Å². The maximum Gasteiger partial charge on any atom is 0.229 e. The highest BCUT2D eigenvalue weighted by Crippen LogP contribution is 2.34. The molecule has 0 bridgehead atoms. The Labute approximate surface area is 187 Å². The van der Waals surface area contributed by atoms with Crippen molar-refractivity contribution in [3.8, 4) is 5.75 Å². The smallest absolute Gasteiger partial charge is 0.229 e. The number of ether oxygens (including phenoxy) is 1. The van der Waals surface area contributed by atoms with Crippen LogP contribution in [-0.2, 0) is 4.79 Å². The van der Waals surface area contributed by atoms with Gasteiger partial charge in [0, 0.05) is 36.1 Å². The average Bonchev–Trinajstić information content (AvgIpc) is 2.81. The van der Waals surface area contributed by atoms with Crippen molar-refractivity contribution in [2.24, 2.45) is 5.92 Å². The maximum atomic E-state index is 12.9. The average molecular weight is 435 g/mol. The van der Waals surface area contributed by atoms with Gasteiger partial charge in [-0.2, -0.15) is 0 Å². The lowest BCUT2D eigenvalue weighted by atomic mass is 9.97. The standard InChI is InChI=1S/C24H26N4O2S/c1-17-5-11-21(12-6-17)31-24-22(25-13-14-26-24)28-15-3-4-18(16-28)23(29)27-19-7-9-20(30-2)10-8-19/h5-14,18H,3-4,15-16H2,1-2H3,(H,27,29)/t18-/m0/s1. The number of carbonyl (C=O) groups is 1. The Balaban J connectivity index is 1.45. The van der Waals surface area contributed by atoms with Gasteiger partial charge in [-0.3, -0.25) is 4.79 Å². The highest BCUT2D eigenvalue weighted by molar-refractivity contribution is 7.99. The Morgan fingerprint density at radius 1 is 1.10 bits per heavy atom. The van der Waals surface area contributed by atoms with Crippen LogP contribution in [0.15, 0.2) is 70.8 Å². The summed E-state index contributed by atoms with van der Waals surface area (Å²) in [6, 6.07) is 15.8. The molecule has 31 heavy (non-hydrogen) atoms. The van der Waals surface area contributed by atoms with Gasteiger partial charge in [-0.05, 0) is 56.2 Å². The molecule has 1 aliphatic rings. The molecule has 0 saturated carbocycles. The zero-order chi connectivity index (χ0) is 21.6. The first-order valence-corrected chi connectivity index (χ1v) is 11.2. The number of piperidine rings is 1. The van der Waals surface area contributed by atoms with E-state index in [1.165, 1.54) is 5.56 Å². The molecule has 1 fully saturated rings. The molecule has 0 unspecified atom stereocenters. The van der Waals surface area contributed by atoms with Gasteiger partial charge < -0.3 is 15.0 Å². The predicted molar refractivity (Wildman–Crippen MR) is 124 cm³/mol. The van der Waals surface area contributed by atoms with Crippen LogP contribution in [0, 0.1) is 12.8 Å². The summed E-state index contributed by atoms with van der Waals surface area (Å²) in [7, 11) is 1.63. The van der Waals surface area contributed by atoms with Gasteiger partial charge in [0.25, 0.3) is 0 Å². The van der Waals surface area contributed by atoms with Crippen LogP contribution < -0.4 is 15.0 Å². The second-order valence-electron chi connectivity index (χ2n) is 7.60. The fourth-order valence-corrected chi connectivity index (χ4v) is 4.51. The van der Waals surface area contributed by atoms with E-state index in [0.717, 1.165) is 46.6 Å². The fraction of sp³-hybridized carbons (Fsp3) is 0.292. The van der Waals surface area contributed by atoms with Crippen molar-refractivity contribution in [3.63, 3.8) is 0 Å². The van der Waals surface area contributed by atoms with E-state index in [0.29, 0.717) is 6.54 Å². The number of hydrogen-bond acceptors (Lipinski definition) is 6. The highest BCUT2D eigenvalue weighted by Gasteiger charge is 2.28. The Bertz CT molecular complexity index is 1020. The number of benzene rings is 2. The molecule has 0 aliphatic carbocycles. The molecule has 160 valence electrons. The molecule has 3 aromatic rings. The zero-order valence-corrected chi connectivity index (χ0v) is 18.6.